The highest BCUT2D eigenvalue weighted by Crippen LogP contribution is 2.17. The van der Waals surface area contributed by atoms with Gasteiger partial charge in [0.2, 0.25) is 12.6 Å². The lowest BCUT2D eigenvalue weighted by molar-refractivity contribution is -0.383. The molecule has 0 radical (unpaired) electrons. The van der Waals surface area contributed by atoms with E-state index in [0.717, 1.165) is 0 Å². The molecule has 1 aliphatic heterocycles. The fourth-order valence-electron chi connectivity index (χ4n) is 0.907. The van der Waals surface area contributed by atoms with Crippen LogP contribution in [0.5, 0.6) is 0 Å². The van der Waals surface area contributed by atoms with Crippen LogP contribution >= 0.6 is 0 Å². The summed E-state index contributed by atoms with van der Waals surface area (Å²) in [5.74, 6) is 0. The van der Waals surface area contributed by atoms with E-state index in [1.54, 1.807) is 0 Å². The second-order valence-electron chi connectivity index (χ2n) is 2.38. The Morgan fingerprint density at radius 3 is 2.42 bits per heavy atom. The molecule has 3 N–H and O–H groups in total. The minimum Gasteiger partial charge on any atom is -0.393 e. The van der Waals surface area contributed by atoms with Gasteiger partial charge in [-0.15, -0.1) is 0 Å². The molecule has 0 bridgehead atoms. The molecular formula is C6H12O6. The summed E-state index contributed by atoms with van der Waals surface area (Å²) < 4.78 is 14.2. The fraction of sp³-hybridized carbons (Fsp3) is 1.00. The zero-order valence-corrected chi connectivity index (χ0v) is 6.58. The summed E-state index contributed by atoms with van der Waals surface area (Å²) in [5, 5.41) is 26.7. The standard InChI is InChI=1S/C6H12O6/c1-10-6-5(9)12-4(8)3(2-7)11-6/h3-9H,2H2,1H3/t3?,4-,5?,6-/m0/s1. The van der Waals surface area contributed by atoms with Crippen molar-refractivity contribution in [1.29, 1.82) is 0 Å². The lowest BCUT2D eigenvalue weighted by Gasteiger charge is -2.35. The summed E-state index contributed by atoms with van der Waals surface area (Å²) in [5.41, 5.74) is 0. The lowest BCUT2D eigenvalue weighted by Crippen LogP contribution is -2.51. The van der Waals surface area contributed by atoms with Gasteiger partial charge in [0, 0.05) is 7.11 Å². The van der Waals surface area contributed by atoms with Crippen molar-refractivity contribution >= 4 is 0 Å². The van der Waals surface area contributed by atoms with Gasteiger partial charge in [0.05, 0.1) is 6.61 Å². The molecule has 6 heteroatoms. The Morgan fingerprint density at radius 1 is 1.25 bits per heavy atom. The summed E-state index contributed by atoms with van der Waals surface area (Å²) >= 11 is 0. The number of hydrogen-bond donors (Lipinski definition) is 3. The molecule has 1 saturated heterocycles. The van der Waals surface area contributed by atoms with E-state index in [0.29, 0.717) is 0 Å². The molecule has 0 aliphatic carbocycles. The molecule has 12 heavy (non-hydrogen) atoms. The first-order valence-corrected chi connectivity index (χ1v) is 3.49. The van der Waals surface area contributed by atoms with Crippen molar-refractivity contribution in [2.24, 2.45) is 0 Å². The Hall–Kier alpha value is -0.240. The first-order valence-electron chi connectivity index (χ1n) is 3.49. The summed E-state index contributed by atoms with van der Waals surface area (Å²) in [4.78, 5) is 0. The van der Waals surface area contributed by atoms with Gasteiger partial charge >= 0.3 is 0 Å². The van der Waals surface area contributed by atoms with Crippen molar-refractivity contribution in [2.75, 3.05) is 13.7 Å². The zero-order chi connectivity index (χ0) is 9.14. The maximum atomic E-state index is 9.04. The smallest absolute Gasteiger partial charge is 0.209 e. The van der Waals surface area contributed by atoms with Gasteiger partial charge in [-0.1, -0.05) is 0 Å². The van der Waals surface area contributed by atoms with Gasteiger partial charge in [0.1, 0.15) is 6.10 Å². The van der Waals surface area contributed by atoms with Crippen LogP contribution in [0, 0.1) is 0 Å². The Morgan fingerprint density at radius 2 is 1.92 bits per heavy atom. The van der Waals surface area contributed by atoms with Crippen LogP contribution in [0.15, 0.2) is 0 Å². The molecule has 72 valence electrons. The van der Waals surface area contributed by atoms with Crippen LogP contribution in [-0.4, -0.2) is 54.0 Å². The Balaban J connectivity index is 2.50. The molecule has 0 spiro atoms. The zero-order valence-electron chi connectivity index (χ0n) is 6.58. The predicted octanol–water partition coefficient (Wildman–Crippen LogP) is -2.00. The van der Waals surface area contributed by atoms with E-state index in [-0.39, 0.29) is 0 Å². The molecule has 0 aromatic heterocycles. The van der Waals surface area contributed by atoms with Crippen LogP contribution in [0.1, 0.15) is 0 Å². The third-order valence-corrected chi connectivity index (χ3v) is 1.55. The Kier molecular flexibility index (Phi) is 3.39. The highest BCUT2D eigenvalue weighted by atomic mass is 16.8. The van der Waals surface area contributed by atoms with Gasteiger partial charge in [-0.05, 0) is 0 Å². The number of ether oxygens (including phenoxy) is 3. The number of rotatable bonds is 2. The number of methoxy groups -OCH3 is 1. The third-order valence-electron chi connectivity index (χ3n) is 1.55. The van der Waals surface area contributed by atoms with Gasteiger partial charge in [-0.2, -0.15) is 0 Å². The third kappa shape index (κ3) is 1.92. The highest BCUT2D eigenvalue weighted by molar-refractivity contribution is 4.67. The van der Waals surface area contributed by atoms with Crippen molar-refractivity contribution in [3.05, 3.63) is 0 Å². The van der Waals surface area contributed by atoms with Crippen LogP contribution in [0.25, 0.3) is 0 Å². The van der Waals surface area contributed by atoms with E-state index >= 15 is 0 Å². The van der Waals surface area contributed by atoms with Crippen LogP contribution in [0.4, 0.5) is 0 Å². The normalized spacial score (nSPS) is 43.0. The summed E-state index contributed by atoms with van der Waals surface area (Å²) in [7, 11) is 1.32. The Bertz CT molecular complexity index is 126. The quantitative estimate of drug-likeness (QED) is 0.455. The molecule has 1 heterocycles. The number of hydrogen-bond acceptors (Lipinski definition) is 6. The van der Waals surface area contributed by atoms with Crippen molar-refractivity contribution in [3.63, 3.8) is 0 Å². The second-order valence-corrected chi connectivity index (χ2v) is 2.38. The number of aliphatic hydroxyl groups is 3. The second kappa shape index (κ2) is 4.13. The van der Waals surface area contributed by atoms with Crippen molar-refractivity contribution in [1.82, 2.24) is 0 Å². The molecule has 4 atom stereocenters. The fourth-order valence-corrected chi connectivity index (χ4v) is 0.907. The average molecular weight is 180 g/mol. The monoisotopic (exact) mass is 180 g/mol. The average Bonchev–Trinajstić information content (AvgIpc) is 2.05. The molecular weight excluding hydrogens is 168 g/mol. The molecule has 1 aliphatic rings. The lowest BCUT2D eigenvalue weighted by atomic mass is 10.3. The Labute approximate surface area is 69.3 Å². The predicted molar refractivity (Wildman–Crippen MR) is 35.9 cm³/mol. The molecule has 1 fully saturated rings. The van der Waals surface area contributed by atoms with Crippen molar-refractivity contribution in [2.45, 2.75) is 25.0 Å². The van der Waals surface area contributed by atoms with Gasteiger partial charge < -0.3 is 29.5 Å². The summed E-state index contributed by atoms with van der Waals surface area (Å²) in [6, 6.07) is 0. The molecule has 2 unspecified atom stereocenters. The van der Waals surface area contributed by atoms with Gasteiger partial charge in [-0.3, -0.25) is 0 Å². The van der Waals surface area contributed by atoms with E-state index < -0.39 is 31.6 Å². The van der Waals surface area contributed by atoms with E-state index in [1.807, 2.05) is 0 Å². The molecule has 0 saturated carbocycles. The highest BCUT2D eigenvalue weighted by Gasteiger charge is 2.36. The molecule has 0 amide bonds. The summed E-state index contributed by atoms with van der Waals surface area (Å²) in [6.07, 6.45) is -4.49. The minimum atomic E-state index is -1.33. The van der Waals surface area contributed by atoms with Gasteiger partial charge in [-0.25, -0.2) is 0 Å². The maximum absolute atomic E-state index is 9.04. The van der Waals surface area contributed by atoms with E-state index in [1.165, 1.54) is 7.11 Å². The van der Waals surface area contributed by atoms with Gasteiger partial charge in [0.15, 0.2) is 6.29 Å². The van der Waals surface area contributed by atoms with Crippen LogP contribution < -0.4 is 0 Å². The topological polar surface area (TPSA) is 88.4 Å². The molecule has 0 aromatic carbocycles. The SMILES string of the molecule is CO[C@H]1OC(CO)[C@@H](O)OC1O. The van der Waals surface area contributed by atoms with E-state index in [2.05, 4.69) is 9.47 Å². The minimum absolute atomic E-state index is 0.395. The van der Waals surface area contributed by atoms with Crippen LogP contribution in [0.2, 0.25) is 0 Å². The van der Waals surface area contributed by atoms with E-state index in [4.69, 9.17) is 20.1 Å². The summed E-state index contributed by atoms with van der Waals surface area (Å²) in [6.45, 7) is -0.395. The van der Waals surface area contributed by atoms with Crippen LogP contribution in [0.3, 0.4) is 0 Å². The molecule has 1 rings (SSSR count). The van der Waals surface area contributed by atoms with Crippen molar-refractivity contribution < 1.29 is 29.5 Å². The van der Waals surface area contributed by atoms with Crippen molar-refractivity contribution in [3.8, 4) is 0 Å². The van der Waals surface area contributed by atoms with Crippen LogP contribution in [-0.2, 0) is 14.2 Å². The largest absolute Gasteiger partial charge is 0.393 e. The first kappa shape index (κ1) is 9.85. The molecule has 0 aromatic rings. The van der Waals surface area contributed by atoms with E-state index in [9.17, 15) is 0 Å². The maximum Gasteiger partial charge on any atom is 0.209 e. The number of aliphatic hydroxyl groups excluding tert-OH is 3. The molecule has 6 nitrogen and oxygen atoms in total. The first-order chi connectivity index (χ1) is 5.69. The van der Waals surface area contributed by atoms with Gasteiger partial charge in [0.25, 0.3) is 0 Å².